The summed E-state index contributed by atoms with van der Waals surface area (Å²) in [6, 6.07) is 3.96. The molecule has 20 heavy (non-hydrogen) atoms. The van der Waals surface area contributed by atoms with Crippen LogP contribution in [0.4, 0.5) is 5.69 Å². The predicted molar refractivity (Wildman–Crippen MR) is 75.6 cm³/mol. The lowest BCUT2D eigenvalue weighted by molar-refractivity contribution is -0.384. The van der Waals surface area contributed by atoms with Crippen molar-refractivity contribution in [3.63, 3.8) is 0 Å². The Kier molecular flexibility index (Phi) is 6.05. The molecule has 0 bridgehead atoms. The Labute approximate surface area is 124 Å². The second kappa shape index (κ2) is 7.32. The van der Waals surface area contributed by atoms with Gasteiger partial charge in [-0.05, 0) is 22.0 Å². The van der Waals surface area contributed by atoms with Crippen molar-refractivity contribution in [1.29, 1.82) is 0 Å². The highest BCUT2D eigenvalue weighted by atomic mass is 79.9. The minimum atomic E-state index is -0.813. The van der Waals surface area contributed by atoms with Gasteiger partial charge in [0.15, 0.2) is 0 Å². The average Bonchev–Trinajstić information content (AvgIpc) is 2.38. The molecule has 1 aromatic rings. The van der Waals surface area contributed by atoms with Gasteiger partial charge in [0.05, 0.1) is 23.2 Å². The minimum absolute atomic E-state index is 0.0712. The number of ether oxygens (including phenoxy) is 1. The maximum atomic E-state index is 12.2. The number of hydrogen-bond donors (Lipinski definition) is 1. The van der Waals surface area contributed by atoms with Crippen LogP contribution in [0, 0.1) is 10.1 Å². The van der Waals surface area contributed by atoms with E-state index in [9.17, 15) is 20.0 Å². The number of amides is 1. The number of benzene rings is 1. The van der Waals surface area contributed by atoms with Crippen LogP contribution < -0.4 is 0 Å². The molecule has 1 aromatic carbocycles. The number of carbonyl (C=O) groups is 1. The van der Waals surface area contributed by atoms with E-state index in [-0.39, 0.29) is 24.4 Å². The summed E-state index contributed by atoms with van der Waals surface area (Å²) in [5.74, 6) is -0.421. The number of non-ortho nitro benzene ring substituents is 1. The van der Waals surface area contributed by atoms with Gasteiger partial charge in [-0.25, -0.2) is 0 Å². The first-order valence-electron chi connectivity index (χ1n) is 5.73. The Hall–Kier alpha value is -1.51. The van der Waals surface area contributed by atoms with Gasteiger partial charge >= 0.3 is 0 Å². The summed E-state index contributed by atoms with van der Waals surface area (Å²) < 4.78 is 5.24. The quantitative estimate of drug-likeness (QED) is 0.621. The highest BCUT2D eigenvalue weighted by Gasteiger charge is 2.20. The molecule has 1 unspecified atom stereocenters. The molecule has 0 heterocycles. The zero-order valence-electron chi connectivity index (χ0n) is 11.1. The lowest BCUT2D eigenvalue weighted by Gasteiger charge is -2.21. The Morgan fingerprint density at radius 2 is 2.25 bits per heavy atom. The van der Waals surface area contributed by atoms with Gasteiger partial charge in [-0.15, -0.1) is 0 Å². The fourth-order valence-corrected chi connectivity index (χ4v) is 2.06. The van der Waals surface area contributed by atoms with Crippen molar-refractivity contribution in [3.05, 3.63) is 38.3 Å². The van der Waals surface area contributed by atoms with Crippen LogP contribution in [0.2, 0.25) is 0 Å². The SMILES string of the molecule is COCC(O)CN(C)C(=O)c1cc([N+](=O)[O-])ccc1Br. The third kappa shape index (κ3) is 4.26. The monoisotopic (exact) mass is 346 g/mol. The third-order valence-corrected chi connectivity index (χ3v) is 3.27. The number of carbonyl (C=O) groups excluding carboxylic acids is 1. The molecule has 0 aliphatic heterocycles. The van der Waals surface area contributed by atoms with Crippen LogP contribution >= 0.6 is 15.9 Å². The van der Waals surface area contributed by atoms with Crippen LogP contribution in [0.15, 0.2) is 22.7 Å². The van der Waals surface area contributed by atoms with Gasteiger partial charge in [-0.2, -0.15) is 0 Å². The normalized spacial score (nSPS) is 12.0. The fraction of sp³-hybridized carbons (Fsp3) is 0.417. The van der Waals surface area contributed by atoms with Crippen molar-refractivity contribution in [1.82, 2.24) is 4.90 Å². The van der Waals surface area contributed by atoms with Crippen LogP contribution in [0.3, 0.4) is 0 Å². The predicted octanol–water partition coefficient (Wildman–Crippen LogP) is 1.44. The van der Waals surface area contributed by atoms with E-state index in [4.69, 9.17) is 4.74 Å². The lowest BCUT2D eigenvalue weighted by Crippen LogP contribution is -2.36. The summed E-state index contributed by atoms with van der Waals surface area (Å²) in [5, 5.41) is 20.3. The number of likely N-dealkylation sites (N-methyl/N-ethyl adjacent to an activating group) is 1. The topological polar surface area (TPSA) is 92.9 Å². The molecular formula is C12H15BrN2O5. The highest BCUT2D eigenvalue weighted by molar-refractivity contribution is 9.10. The van der Waals surface area contributed by atoms with E-state index in [2.05, 4.69) is 15.9 Å². The molecule has 1 rings (SSSR count). The van der Waals surface area contributed by atoms with Gasteiger partial charge < -0.3 is 14.7 Å². The van der Waals surface area contributed by atoms with E-state index in [1.54, 1.807) is 0 Å². The van der Waals surface area contributed by atoms with Gasteiger partial charge in [-0.3, -0.25) is 14.9 Å². The fourth-order valence-electron chi connectivity index (χ4n) is 1.64. The molecular weight excluding hydrogens is 332 g/mol. The lowest BCUT2D eigenvalue weighted by atomic mass is 10.1. The molecule has 0 saturated carbocycles. The summed E-state index contributed by atoms with van der Waals surface area (Å²) in [4.78, 5) is 23.6. The zero-order valence-corrected chi connectivity index (χ0v) is 12.7. The molecule has 110 valence electrons. The summed E-state index contributed by atoms with van der Waals surface area (Å²) in [5.41, 5.74) is 0.00806. The molecule has 0 radical (unpaired) electrons. The van der Waals surface area contributed by atoms with Crippen molar-refractivity contribution in [3.8, 4) is 0 Å². The standard InChI is InChI=1S/C12H15BrN2O5/c1-14(6-9(16)7-20-2)12(17)10-5-8(15(18)19)3-4-11(10)13/h3-5,9,16H,6-7H2,1-2H3. The Morgan fingerprint density at radius 1 is 1.60 bits per heavy atom. The number of nitrogens with zero attached hydrogens (tertiary/aromatic N) is 2. The maximum Gasteiger partial charge on any atom is 0.270 e. The van der Waals surface area contributed by atoms with Crippen molar-refractivity contribution in [2.45, 2.75) is 6.10 Å². The summed E-state index contributed by atoms with van der Waals surface area (Å²) >= 11 is 3.19. The van der Waals surface area contributed by atoms with Gasteiger partial charge in [0, 0.05) is 37.3 Å². The second-order valence-electron chi connectivity index (χ2n) is 4.22. The number of rotatable bonds is 6. The van der Waals surface area contributed by atoms with Crippen LogP contribution in [-0.4, -0.2) is 54.3 Å². The number of methoxy groups -OCH3 is 1. The number of nitro groups is 1. The van der Waals surface area contributed by atoms with E-state index >= 15 is 0 Å². The summed E-state index contributed by atoms with van der Waals surface area (Å²) in [6.45, 7) is 0.176. The first kappa shape index (κ1) is 16.5. The number of aliphatic hydroxyl groups excluding tert-OH is 1. The van der Waals surface area contributed by atoms with Crippen molar-refractivity contribution < 1.29 is 19.6 Å². The zero-order chi connectivity index (χ0) is 15.3. The molecule has 1 atom stereocenters. The van der Waals surface area contributed by atoms with E-state index in [0.29, 0.717) is 4.47 Å². The van der Waals surface area contributed by atoms with Gasteiger partial charge in [0.2, 0.25) is 0 Å². The second-order valence-corrected chi connectivity index (χ2v) is 5.07. The van der Waals surface area contributed by atoms with Crippen molar-refractivity contribution in [2.24, 2.45) is 0 Å². The number of hydrogen-bond acceptors (Lipinski definition) is 5. The molecule has 8 heteroatoms. The molecule has 0 aromatic heterocycles. The average molecular weight is 347 g/mol. The first-order valence-corrected chi connectivity index (χ1v) is 6.52. The molecule has 0 spiro atoms. The molecule has 1 N–H and O–H groups in total. The number of aliphatic hydroxyl groups is 1. The van der Waals surface area contributed by atoms with Gasteiger partial charge in [0.25, 0.3) is 11.6 Å². The highest BCUT2D eigenvalue weighted by Crippen LogP contribution is 2.23. The van der Waals surface area contributed by atoms with E-state index in [0.717, 1.165) is 0 Å². The Bertz CT molecular complexity index is 509. The van der Waals surface area contributed by atoms with Gasteiger partial charge in [-0.1, -0.05) is 0 Å². The molecule has 0 fully saturated rings. The molecule has 0 aliphatic rings. The van der Waals surface area contributed by atoms with Crippen LogP contribution in [-0.2, 0) is 4.74 Å². The summed E-state index contributed by atoms with van der Waals surface area (Å²) in [7, 11) is 2.95. The van der Waals surface area contributed by atoms with E-state index < -0.39 is 16.9 Å². The van der Waals surface area contributed by atoms with Crippen molar-refractivity contribution in [2.75, 3.05) is 27.3 Å². The number of halogens is 1. The van der Waals surface area contributed by atoms with Crippen LogP contribution in [0.25, 0.3) is 0 Å². The van der Waals surface area contributed by atoms with E-state index in [1.165, 1.54) is 37.3 Å². The smallest absolute Gasteiger partial charge is 0.270 e. The summed E-state index contributed by atoms with van der Waals surface area (Å²) in [6.07, 6.45) is -0.813. The molecule has 0 saturated heterocycles. The Balaban J connectivity index is 2.90. The van der Waals surface area contributed by atoms with E-state index in [1.807, 2.05) is 0 Å². The van der Waals surface area contributed by atoms with Gasteiger partial charge in [0.1, 0.15) is 0 Å². The van der Waals surface area contributed by atoms with Crippen molar-refractivity contribution >= 4 is 27.5 Å². The molecule has 7 nitrogen and oxygen atoms in total. The molecule has 0 aliphatic carbocycles. The third-order valence-electron chi connectivity index (χ3n) is 2.58. The minimum Gasteiger partial charge on any atom is -0.389 e. The number of nitro benzene ring substituents is 1. The Morgan fingerprint density at radius 3 is 2.80 bits per heavy atom. The maximum absolute atomic E-state index is 12.2. The largest absolute Gasteiger partial charge is 0.389 e. The molecule has 1 amide bonds. The first-order chi connectivity index (χ1) is 9.36. The van der Waals surface area contributed by atoms with Crippen LogP contribution in [0.5, 0.6) is 0 Å². The van der Waals surface area contributed by atoms with Crippen LogP contribution in [0.1, 0.15) is 10.4 Å².